The van der Waals surface area contributed by atoms with E-state index in [2.05, 4.69) is 11.4 Å². The maximum absolute atomic E-state index is 9.62. The van der Waals surface area contributed by atoms with Crippen LogP contribution in [0.25, 0.3) is 0 Å². The van der Waals surface area contributed by atoms with E-state index < -0.39 is 0 Å². The number of benzene rings is 1. The fourth-order valence-corrected chi connectivity index (χ4v) is 2.53. The highest BCUT2D eigenvalue weighted by molar-refractivity contribution is 5.58. The van der Waals surface area contributed by atoms with Gasteiger partial charge in [0.15, 0.2) is 0 Å². The van der Waals surface area contributed by atoms with Crippen molar-refractivity contribution < 1.29 is 5.11 Å². The summed E-state index contributed by atoms with van der Waals surface area (Å²) in [6.07, 6.45) is 5.47. The van der Waals surface area contributed by atoms with Crippen molar-refractivity contribution in [3.63, 3.8) is 0 Å². The molecule has 1 aromatic carbocycles. The van der Waals surface area contributed by atoms with Crippen LogP contribution in [0.1, 0.15) is 37.7 Å². The first kappa shape index (κ1) is 11.9. The summed E-state index contributed by atoms with van der Waals surface area (Å²) in [4.78, 5) is 0. The minimum atomic E-state index is -0.231. The molecule has 2 N–H and O–H groups in total. The van der Waals surface area contributed by atoms with Crippen molar-refractivity contribution in [3.05, 3.63) is 29.8 Å². The van der Waals surface area contributed by atoms with E-state index in [4.69, 9.17) is 5.26 Å². The van der Waals surface area contributed by atoms with Crippen LogP contribution < -0.4 is 5.32 Å². The van der Waals surface area contributed by atoms with Gasteiger partial charge in [-0.3, -0.25) is 0 Å². The predicted octanol–water partition coefficient (Wildman–Crippen LogP) is 2.67. The summed E-state index contributed by atoms with van der Waals surface area (Å²) < 4.78 is 0. The van der Waals surface area contributed by atoms with Gasteiger partial charge in [-0.05, 0) is 25.0 Å². The van der Waals surface area contributed by atoms with Gasteiger partial charge in [0.25, 0.3) is 0 Å². The van der Waals surface area contributed by atoms with E-state index in [0.717, 1.165) is 31.4 Å². The number of aliphatic hydroxyl groups is 1. The maximum Gasteiger partial charge on any atom is 0.101 e. The molecule has 0 radical (unpaired) electrons. The summed E-state index contributed by atoms with van der Waals surface area (Å²) in [7, 11) is 0. The zero-order valence-corrected chi connectivity index (χ0v) is 9.95. The van der Waals surface area contributed by atoms with Gasteiger partial charge in [0.1, 0.15) is 6.07 Å². The van der Waals surface area contributed by atoms with Gasteiger partial charge < -0.3 is 10.4 Å². The second-order valence-corrected chi connectivity index (χ2v) is 4.78. The summed E-state index contributed by atoms with van der Waals surface area (Å²) >= 11 is 0. The Morgan fingerprint density at radius 2 is 1.94 bits per heavy atom. The molecule has 1 aromatic rings. The topological polar surface area (TPSA) is 56.0 Å². The molecule has 3 heteroatoms. The number of anilines is 1. The lowest BCUT2D eigenvalue weighted by atomic mass is 9.82. The minimum Gasteiger partial charge on any atom is -0.394 e. The molecule has 2 rings (SSSR count). The first-order valence-corrected chi connectivity index (χ1v) is 6.18. The Bertz CT molecular complexity index is 416. The maximum atomic E-state index is 9.62. The molecule has 0 bridgehead atoms. The molecule has 0 aliphatic heterocycles. The lowest BCUT2D eigenvalue weighted by Crippen LogP contribution is -2.44. The van der Waals surface area contributed by atoms with Crippen LogP contribution in [0, 0.1) is 11.3 Å². The van der Waals surface area contributed by atoms with E-state index in [-0.39, 0.29) is 12.1 Å². The van der Waals surface area contributed by atoms with E-state index in [1.54, 1.807) is 6.07 Å². The van der Waals surface area contributed by atoms with Crippen LogP contribution in [-0.2, 0) is 0 Å². The summed E-state index contributed by atoms with van der Waals surface area (Å²) in [5.41, 5.74) is 1.25. The number of hydrogen-bond acceptors (Lipinski definition) is 3. The largest absolute Gasteiger partial charge is 0.394 e. The third kappa shape index (κ3) is 2.59. The van der Waals surface area contributed by atoms with E-state index in [0.29, 0.717) is 5.56 Å². The zero-order valence-electron chi connectivity index (χ0n) is 9.95. The number of aliphatic hydroxyl groups excluding tert-OH is 1. The number of rotatable bonds is 3. The molecule has 0 spiro atoms. The molecule has 0 saturated heterocycles. The van der Waals surface area contributed by atoms with Gasteiger partial charge >= 0.3 is 0 Å². The third-order valence-electron chi connectivity index (χ3n) is 3.56. The molecule has 0 amide bonds. The van der Waals surface area contributed by atoms with Crippen molar-refractivity contribution in [1.82, 2.24) is 0 Å². The Balaban J connectivity index is 2.21. The van der Waals surface area contributed by atoms with Gasteiger partial charge in [0, 0.05) is 0 Å². The van der Waals surface area contributed by atoms with Crippen LogP contribution in [0.5, 0.6) is 0 Å². The fraction of sp³-hybridized carbons (Fsp3) is 0.500. The lowest BCUT2D eigenvalue weighted by Gasteiger charge is -2.37. The Labute approximate surface area is 102 Å². The number of para-hydroxylation sites is 1. The number of nitrogens with one attached hydrogen (secondary N) is 1. The van der Waals surface area contributed by atoms with Crippen LogP contribution in [0.2, 0.25) is 0 Å². The highest BCUT2D eigenvalue weighted by Gasteiger charge is 2.31. The number of hydrogen-bond donors (Lipinski definition) is 2. The molecule has 0 atom stereocenters. The smallest absolute Gasteiger partial charge is 0.101 e. The Hall–Kier alpha value is -1.53. The monoisotopic (exact) mass is 230 g/mol. The first-order chi connectivity index (χ1) is 8.29. The molecule has 0 aromatic heterocycles. The Kier molecular flexibility index (Phi) is 3.65. The van der Waals surface area contributed by atoms with Crippen LogP contribution in [0.4, 0.5) is 5.69 Å². The van der Waals surface area contributed by atoms with E-state index in [1.807, 2.05) is 18.2 Å². The van der Waals surface area contributed by atoms with Crippen LogP contribution >= 0.6 is 0 Å². The molecule has 1 aliphatic rings. The fourth-order valence-electron chi connectivity index (χ4n) is 2.53. The van der Waals surface area contributed by atoms with Crippen molar-refractivity contribution in [2.24, 2.45) is 0 Å². The van der Waals surface area contributed by atoms with E-state index in [1.165, 1.54) is 6.42 Å². The van der Waals surface area contributed by atoms with Crippen molar-refractivity contribution in [3.8, 4) is 6.07 Å². The standard InChI is InChI=1S/C14H18N2O/c15-10-12-6-2-3-7-13(12)16-14(11-17)8-4-1-5-9-14/h2-3,6-7,16-17H,1,4-5,8-9,11H2. The normalized spacial score (nSPS) is 18.4. The lowest BCUT2D eigenvalue weighted by molar-refractivity contribution is 0.173. The second-order valence-electron chi connectivity index (χ2n) is 4.78. The van der Waals surface area contributed by atoms with Gasteiger partial charge in [-0.15, -0.1) is 0 Å². The molecule has 3 nitrogen and oxygen atoms in total. The van der Waals surface area contributed by atoms with Gasteiger partial charge in [-0.1, -0.05) is 31.4 Å². The number of nitrogens with zero attached hydrogens (tertiary/aromatic N) is 1. The average molecular weight is 230 g/mol. The van der Waals surface area contributed by atoms with Crippen molar-refractivity contribution in [2.45, 2.75) is 37.6 Å². The highest BCUT2D eigenvalue weighted by Crippen LogP contribution is 2.32. The van der Waals surface area contributed by atoms with E-state index >= 15 is 0 Å². The third-order valence-corrected chi connectivity index (χ3v) is 3.56. The molecule has 90 valence electrons. The molecule has 1 aliphatic carbocycles. The molecule has 1 fully saturated rings. The van der Waals surface area contributed by atoms with Gasteiger partial charge in [-0.25, -0.2) is 0 Å². The van der Waals surface area contributed by atoms with E-state index in [9.17, 15) is 5.11 Å². The quantitative estimate of drug-likeness (QED) is 0.839. The van der Waals surface area contributed by atoms with Crippen molar-refractivity contribution in [1.29, 1.82) is 5.26 Å². The summed E-state index contributed by atoms with van der Waals surface area (Å²) in [6.45, 7) is 0.132. The van der Waals surface area contributed by atoms with Gasteiger partial charge in [-0.2, -0.15) is 5.26 Å². The Morgan fingerprint density at radius 3 is 2.59 bits per heavy atom. The molecule has 1 saturated carbocycles. The van der Waals surface area contributed by atoms with Crippen molar-refractivity contribution in [2.75, 3.05) is 11.9 Å². The molecule has 17 heavy (non-hydrogen) atoms. The predicted molar refractivity (Wildman–Crippen MR) is 67.7 cm³/mol. The van der Waals surface area contributed by atoms with Gasteiger partial charge in [0.2, 0.25) is 0 Å². The average Bonchev–Trinajstić information content (AvgIpc) is 2.40. The van der Waals surface area contributed by atoms with Crippen LogP contribution in [0.3, 0.4) is 0 Å². The Morgan fingerprint density at radius 1 is 1.24 bits per heavy atom. The zero-order chi connectivity index (χ0) is 12.1. The van der Waals surface area contributed by atoms with Crippen molar-refractivity contribution >= 4 is 5.69 Å². The highest BCUT2D eigenvalue weighted by atomic mass is 16.3. The second kappa shape index (κ2) is 5.20. The molecular weight excluding hydrogens is 212 g/mol. The molecular formula is C14H18N2O. The van der Waals surface area contributed by atoms with Crippen LogP contribution in [-0.4, -0.2) is 17.3 Å². The molecule has 0 unspecified atom stereocenters. The molecule has 0 heterocycles. The summed E-state index contributed by atoms with van der Waals surface area (Å²) in [6, 6.07) is 9.66. The van der Waals surface area contributed by atoms with Crippen LogP contribution in [0.15, 0.2) is 24.3 Å². The summed E-state index contributed by atoms with van der Waals surface area (Å²) in [5, 5.41) is 22.1. The number of nitriles is 1. The SMILES string of the molecule is N#Cc1ccccc1NC1(CO)CCCCC1. The first-order valence-electron chi connectivity index (χ1n) is 6.18. The summed E-state index contributed by atoms with van der Waals surface area (Å²) in [5.74, 6) is 0. The minimum absolute atomic E-state index is 0.132. The van der Waals surface area contributed by atoms with Gasteiger partial charge in [0.05, 0.1) is 23.4 Å².